The van der Waals surface area contributed by atoms with Crippen molar-refractivity contribution < 1.29 is 14.3 Å². The molecule has 5 nitrogen and oxygen atoms in total. The Balaban J connectivity index is 1.72. The maximum atomic E-state index is 11.9. The summed E-state index contributed by atoms with van der Waals surface area (Å²) in [6.45, 7) is 3.88. The third kappa shape index (κ3) is 2.04. The quantitative estimate of drug-likeness (QED) is 0.672. The number of carbonyl (C=O) groups is 2. The van der Waals surface area contributed by atoms with Gasteiger partial charge in [0.1, 0.15) is 6.61 Å². The number of hydrogen-bond acceptors (Lipinski definition) is 3. The Bertz CT molecular complexity index is 354. The zero-order chi connectivity index (χ0) is 12.0. The fourth-order valence-electron chi connectivity index (χ4n) is 2.74. The molecule has 2 amide bonds. The van der Waals surface area contributed by atoms with E-state index in [2.05, 4.69) is 0 Å². The number of carbonyl (C=O) groups excluding carboxylic acids is 2. The summed E-state index contributed by atoms with van der Waals surface area (Å²) in [6, 6.07) is 0.0840. The number of rotatable bonds is 2. The molecule has 5 heteroatoms. The Kier molecular flexibility index (Phi) is 2.58. The molecule has 0 spiro atoms. The highest BCUT2D eigenvalue weighted by Crippen LogP contribution is 2.33. The first kappa shape index (κ1) is 11.0. The van der Waals surface area contributed by atoms with E-state index in [0.29, 0.717) is 19.0 Å². The largest absolute Gasteiger partial charge is 0.364 e. The van der Waals surface area contributed by atoms with Gasteiger partial charge in [-0.25, -0.2) is 0 Å². The van der Waals surface area contributed by atoms with Crippen LogP contribution in [0, 0.1) is 5.92 Å². The topological polar surface area (TPSA) is 49.9 Å². The van der Waals surface area contributed by atoms with Crippen LogP contribution in [-0.4, -0.2) is 60.0 Å². The van der Waals surface area contributed by atoms with Gasteiger partial charge in [0.2, 0.25) is 11.8 Å². The first-order valence-electron chi connectivity index (χ1n) is 6.31. The summed E-state index contributed by atoms with van der Waals surface area (Å²) < 4.78 is 5.54. The van der Waals surface area contributed by atoms with Gasteiger partial charge in [0, 0.05) is 26.6 Å². The molecule has 0 aromatic rings. The van der Waals surface area contributed by atoms with Crippen LogP contribution in [0.1, 0.15) is 19.8 Å². The predicted octanol–water partition coefficient (Wildman–Crippen LogP) is -0.146. The molecule has 3 fully saturated rings. The summed E-state index contributed by atoms with van der Waals surface area (Å²) in [5.74, 6) is 0.842. The van der Waals surface area contributed by atoms with Crippen molar-refractivity contribution in [2.75, 3.05) is 26.2 Å². The zero-order valence-electron chi connectivity index (χ0n) is 10.1. The first-order valence-corrected chi connectivity index (χ1v) is 6.31. The fourth-order valence-corrected chi connectivity index (χ4v) is 2.74. The maximum Gasteiger partial charge on any atom is 0.248 e. The van der Waals surface area contributed by atoms with E-state index in [-0.39, 0.29) is 30.6 Å². The van der Waals surface area contributed by atoms with Crippen LogP contribution >= 0.6 is 0 Å². The molecule has 2 saturated heterocycles. The molecule has 0 bridgehead atoms. The maximum absolute atomic E-state index is 11.9. The highest BCUT2D eigenvalue weighted by atomic mass is 16.5. The molecule has 0 N–H and O–H groups in total. The molecule has 0 radical (unpaired) electrons. The summed E-state index contributed by atoms with van der Waals surface area (Å²) in [4.78, 5) is 27.0. The summed E-state index contributed by atoms with van der Waals surface area (Å²) in [5.41, 5.74) is 0. The molecule has 0 aromatic heterocycles. The number of amides is 2. The van der Waals surface area contributed by atoms with E-state index in [1.807, 2.05) is 4.90 Å². The molecule has 17 heavy (non-hydrogen) atoms. The van der Waals surface area contributed by atoms with Gasteiger partial charge in [0.05, 0.1) is 12.1 Å². The summed E-state index contributed by atoms with van der Waals surface area (Å²) in [5, 5.41) is 0. The van der Waals surface area contributed by atoms with Gasteiger partial charge in [-0.15, -0.1) is 0 Å². The molecule has 3 rings (SSSR count). The van der Waals surface area contributed by atoms with Crippen molar-refractivity contribution in [3.63, 3.8) is 0 Å². The van der Waals surface area contributed by atoms with Crippen molar-refractivity contribution in [3.8, 4) is 0 Å². The van der Waals surface area contributed by atoms with Crippen LogP contribution in [0.3, 0.4) is 0 Å². The molecule has 0 aromatic carbocycles. The van der Waals surface area contributed by atoms with Crippen molar-refractivity contribution >= 4 is 11.8 Å². The minimum Gasteiger partial charge on any atom is -0.364 e. The van der Waals surface area contributed by atoms with E-state index in [0.717, 1.165) is 6.54 Å². The lowest BCUT2D eigenvalue weighted by Gasteiger charge is -2.36. The smallest absolute Gasteiger partial charge is 0.248 e. The third-order valence-electron chi connectivity index (χ3n) is 3.98. The van der Waals surface area contributed by atoms with E-state index in [4.69, 9.17) is 4.74 Å². The van der Waals surface area contributed by atoms with Crippen LogP contribution in [0.25, 0.3) is 0 Å². The second kappa shape index (κ2) is 3.98. The summed E-state index contributed by atoms with van der Waals surface area (Å²) in [7, 11) is 0. The number of morpholine rings is 1. The first-order chi connectivity index (χ1) is 8.15. The molecule has 2 aliphatic heterocycles. The minimum absolute atomic E-state index is 0.0235. The Morgan fingerprint density at radius 3 is 2.82 bits per heavy atom. The minimum atomic E-state index is 0.0235. The Morgan fingerprint density at radius 2 is 2.18 bits per heavy atom. The van der Waals surface area contributed by atoms with Crippen LogP contribution < -0.4 is 0 Å². The standard InChI is InChI=1S/C12H18N2O3/c1-8(15)13-5-10-11(6-13)17-7-12(16)14(10)4-9-2-3-9/h9-11H,2-7H2,1H3/t10-,11+/m1/s1. The van der Waals surface area contributed by atoms with Gasteiger partial charge in [-0.05, 0) is 18.8 Å². The molecule has 2 heterocycles. The third-order valence-corrected chi connectivity index (χ3v) is 3.98. The summed E-state index contributed by atoms with van der Waals surface area (Å²) in [6.07, 6.45) is 2.49. The van der Waals surface area contributed by atoms with Crippen LogP contribution in [0.2, 0.25) is 0 Å². The normalized spacial score (nSPS) is 32.9. The van der Waals surface area contributed by atoms with Crippen LogP contribution in [0.4, 0.5) is 0 Å². The highest BCUT2D eigenvalue weighted by molar-refractivity contribution is 5.79. The van der Waals surface area contributed by atoms with Crippen LogP contribution in [0.15, 0.2) is 0 Å². The average Bonchev–Trinajstić information content (AvgIpc) is 2.99. The van der Waals surface area contributed by atoms with Crippen molar-refractivity contribution in [2.45, 2.75) is 31.9 Å². The zero-order valence-corrected chi connectivity index (χ0v) is 10.1. The lowest BCUT2D eigenvalue weighted by molar-refractivity contribution is -0.153. The fraction of sp³-hybridized carbons (Fsp3) is 0.833. The van der Waals surface area contributed by atoms with E-state index in [1.165, 1.54) is 12.8 Å². The van der Waals surface area contributed by atoms with Crippen molar-refractivity contribution in [2.24, 2.45) is 5.92 Å². The van der Waals surface area contributed by atoms with Gasteiger partial charge in [-0.2, -0.15) is 0 Å². The second-order valence-corrected chi connectivity index (χ2v) is 5.33. The lowest BCUT2D eigenvalue weighted by Crippen LogP contribution is -2.54. The van der Waals surface area contributed by atoms with Gasteiger partial charge in [0.25, 0.3) is 0 Å². The van der Waals surface area contributed by atoms with Crippen molar-refractivity contribution in [1.82, 2.24) is 9.80 Å². The highest BCUT2D eigenvalue weighted by Gasteiger charge is 2.45. The molecule has 94 valence electrons. The number of likely N-dealkylation sites (tertiary alicyclic amines) is 1. The van der Waals surface area contributed by atoms with E-state index in [9.17, 15) is 9.59 Å². The SMILES string of the molecule is CC(=O)N1C[C@@H]2OCC(=O)N(CC3CC3)[C@@H]2C1. The number of hydrogen-bond donors (Lipinski definition) is 0. The second-order valence-electron chi connectivity index (χ2n) is 5.33. The van der Waals surface area contributed by atoms with E-state index in [1.54, 1.807) is 11.8 Å². The van der Waals surface area contributed by atoms with Gasteiger partial charge in [-0.3, -0.25) is 9.59 Å². The van der Waals surface area contributed by atoms with E-state index >= 15 is 0 Å². The molecule has 2 atom stereocenters. The number of ether oxygens (including phenoxy) is 1. The van der Waals surface area contributed by atoms with Gasteiger partial charge >= 0.3 is 0 Å². The average molecular weight is 238 g/mol. The molecule has 3 aliphatic rings. The number of nitrogens with zero attached hydrogens (tertiary/aromatic N) is 2. The van der Waals surface area contributed by atoms with Crippen molar-refractivity contribution in [1.29, 1.82) is 0 Å². The van der Waals surface area contributed by atoms with Crippen molar-refractivity contribution in [3.05, 3.63) is 0 Å². The lowest BCUT2D eigenvalue weighted by atomic mass is 10.1. The molecule has 0 unspecified atom stereocenters. The molecular weight excluding hydrogens is 220 g/mol. The monoisotopic (exact) mass is 238 g/mol. The Hall–Kier alpha value is -1.10. The Labute approximate surface area is 101 Å². The predicted molar refractivity (Wildman–Crippen MR) is 60.2 cm³/mol. The Morgan fingerprint density at radius 1 is 1.41 bits per heavy atom. The molecule has 1 saturated carbocycles. The van der Waals surface area contributed by atoms with E-state index < -0.39 is 0 Å². The van der Waals surface area contributed by atoms with Gasteiger partial charge in [0.15, 0.2) is 0 Å². The number of fused-ring (bicyclic) bond motifs is 1. The van der Waals surface area contributed by atoms with Crippen LogP contribution in [0.5, 0.6) is 0 Å². The van der Waals surface area contributed by atoms with Gasteiger partial charge in [-0.1, -0.05) is 0 Å². The molecule has 1 aliphatic carbocycles. The van der Waals surface area contributed by atoms with Gasteiger partial charge < -0.3 is 14.5 Å². The summed E-state index contributed by atoms with van der Waals surface area (Å²) >= 11 is 0. The molecular formula is C12H18N2O3. The van der Waals surface area contributed by atoms with Crippen LogP contribution in [-0.2, 0) is 14.3 Å².